The van der Waals surface area contributed by atoms with Crippen molar-refractivity contribution in [3.63, 3.8) is 0 Å². The van der Waals surface area contributed by atoms with E-state index >= 15 is 0 Å². The standard InChI is InChI=1S/C20H26N4O/c1-5-17-15(4)21-20-23(18-9-6-13(2)10-14(18)3)11-22(16-7-8-16)12-24(20)19(17)25/h6,9-10,16H,5,7-8,11-12H2,1-4H3. The van der Waals surface area contributed by atoms with Crippen LogP contribution in [0, 0.1) is 20.8 Å². The molecule has 5 heteroatoms. The monoisotopic (exact) mass is 338 g/mol. The van der Waals surface area contributed by atoms with Crippen molar-refractivity contribution >= 4 is 11.6 Å². The van der Waals surface area contributed by atoms with Crippen molar-refractivity contribution in [3.8, 4) is 0 Å². The minimum Gasteiger partial charge on any atom is -0.298 e. The van der Waals surface area contributed by atoms with Crippen LogP contribution in [0.2, 0.25) is 0 Å². The normalized spacial score (nSPS) is 17.7. The molecule has 1 aromatic heterocycles. The van der Waals surface area contributed by atoms with E-state index in [4.69, 9.17) is 4.98 Å². The molecule has 0 bridgehead atoms. The quantitative estimate of drug-likeness (QED) is 0.861. The van der Waals surface area contributed by atoms with Crippen molar-refractivity contribution in [2.75, 3.05) is 11.6 Å². The maximum Gasteiger partial charge on any atom is 0.259 e. The van der Waals surface area contributed by atoms with Crippen LogP contribution in [0.15, 0.2) is 23.0 Å². The zero-order chi connectivity index (χ0) is 17.7. The Bertz CT molecular complexity index is 882. The maximum atomic E-state index is 13.0. The van der Waals surface area contributed by atoms with Crippen molar-refractivity contribution in [3.05, 3.63) is 50.9 Å². The Balaban J connectivity index is 1.89. The average Bonchev–Trinajstić information content (AvgIpc) is 3.40. The van der Waals surface area contributed by atoms with E-state index in [1.807, 2.05) is 18.4 Å². The zero-order valence-electron chi connectivity index (χ0n) is 15.5. The average molecular weight is 338 g/mol. The van der Waals surface area contributed by atoms with E-state index in [1.165, 1.54) is 24.0 Å². The Labute approximate surface area is 148 Å². The molecule has 132 valence electrons. The van der Waals surface area contributed by atoms with Gasteiger partial charge in [0.05, 0.1) is 13.3 Å². The van der Waals surface area contributed by atoms with Gasteiger partial charge in [0.1, 0.15) is 0 Å². The number of anilines is 2. The smallest absolute Gasteiger partial charge is 0.259 e. The second-order valence-corrected chi connectivity index (χ2v) is 7.38. The number of benzene rings is 1. The van der Waals surface area contributed by atoms with Gasteiger partial charge in [0.25, 0.3) is 5.56 Å². The van der Waals surface area contributed by atoms with Crippen molar-refractivity contribution in [1.82, 2.24) is 14.5 Å². The van der Waals surface area contributed by atoms with Gasteiger partial charge in [0.15, 0.2) is 0 Å². The third-order valence-electron chi connectivity index (χ3n) is 5.40. The molecule has 0 N–H and O–H groups in total. The summed E-state index contributed by atoms with van der Waals surface area (Å²) in [5.74, 6) is 0.781. The highest BCUT2D eigenvalue weighted by molar-refractivity contribution is 5.63. The molecular formula is C20H26N4O. The fourth-order valence-corrected chi connectivity index (χ4v) is 3.86. The third kappa shape index (κ3) is 2.76. The van der Waals surface area contributed by atoms with Crippen LogP contribution in [0.5, 0.6) is 0 Å². The highest BCUT2D eigenvalue weighted by Crippen LogP contribution is 2.35. The highest BCUT2D eigenvalue weighted by atomic mass is 16.1. The van der Waals surface area contributed by atoms with Crippen molar-refractivity contribution in [1.29, 1.82) is 0 Å². The van der Waals surface area contributed by atoms with Gasteiger partial charge in [-0.1, -0.05) is 24.6 Å². The van der Waals surface area contributed by atoms with Gasteiger partial charge in [0.2, 0.25) is 5.95 Å². The Morgan fingerprint density at radius 2 is 1.92 bits per heavy atom. The molecule has 0 spiro atoms. The van der Waals surface area contributed by atoms with Crippen LogP contribution in [0.4, 0.5) is 11.6 Å². The van der Waals surface area contributed by atoms with Gasteiger partial charge in [-0.05, 0) is 51.7 Å². The number of aromatic nitrogens is 2. The van der Waals surface area contributed by atoms with E-state index in [1.54, 1.807) is 0 Å². The summed E-state index contributed by atoms with van der Waals surface area (Å²) in [5, 5.41) is 0. The van der Waals surface area contributed by atoms with Gasteiger partial charge in [0, 0.05) is 23.0 Å². The largest absolute Gasteiger partial charge is 0.298 e. The lowest BCUT2D eigenvalue weighted by Gasteiger charge is -2.39. The Morgan fingerprint density at radius 3 is 2.56 bits per heavy atom. The second kappa shape index (κ2) is 5.99. The van der Waals surface area contributed by atoms with Crippen LogP contribution in [0.1, 0.15) is 42.1 Å². The van der Waals surface area contributed by atoms with Gasteiger partial charge in [-0.3, -0.25) is 19.2 Å². The molecule has 0 unspecified atom stereocenters. The number of aryl methyl sites for hydroxylation is 3. The fourth-order valence-electron chi connectivity index (χ4n) is 3.86. The molecule has 1 aliphatic heterocycles. The molecule has 1 saturated carbocycles. The summed E-state index contributed by atoms with van der Waals surface area (Å²) >= 11 is 0. The molecule has 2 aliphatic rings. The summed E-state index contributed by atoms with van der Waals surface area (Å²) in [5.41, 5.74) is 5.41. The van der Waals surface area contributed by atoms with Crippen LogP contribution >= 0.6 is 0 Å². The van der Waals surface area contributed by atoms with Crippen LogP contribution in [-0.2, 0) is 13.1 Å². The molecule has 0 atom stereocenters. The van der Waals surface area contributed by atoms with Gasteiger partial charge < -0.3 is 0 Å². The van der Waals surface area contributed by atoms with E-state index in [0.29, 0.717) is 12.7 Å². The number of nitrogens with zero attached hydrogens (tertiary/aromatic N) is 4. The molecular weight excluding hydrogens is 312 g/mol. The minimum absolute atomic E-state index is 0.116. The van der Waals surface area contributed by atoms with E-state index in [0.717, 1.165) is 36.0 Å². The Hall–Kier alpha value is -2.14. The first-order valence-electron chi connectivity index (χ1n) is 9.18. The van der Waals surface area contributed by atoms with Gasteiger partial charge in [-0.15, -0.1) is 0 Å². The van der Waals surface area contributed by atoms with Crippen LogP contribution in [-0.4, -0.2) is 27.2 Å². The van der Waals surface area contributed by atoms with Crippen molar-refractivity contribution in [2.45, 2.75) is 59.7 Å². The summed E-state index contributed by atoms with van der Waals surface area (Å²) in [6.45, 7) is 9.68. The molecule has 4 rings (SSSR count). The maximum absolute atomic E-state index is 13.0. The molecule has 1 aromatic carbocycles. The third-order valence-corrected chi connectivity index (χ3v) is 5.40. The lowest BCUT2D eigenvalue weighted by atomic mass is 10.1. The zero-order valence-corrected chi connectivity index (χ0v) is 15.5. The predicted molar refractivity (Wildman–Crippen MR) is 100 cm³/mol. The molecule has 2 aromatic rings. The van der Waals surface area contributed by atoms with Gasteiger partial charge >= 0.3 is 0 Å². The summed E-state index contributed by atoms with van der Waals surface area (Å²) in [6.07, 6.45) is 3.18. The van der Waals surface area contributed by atoms with E-state index in [9.17, 15) is 4.79 Å². The van der Waals surface area contributed by atoms with Gasteiger partial charge in [-0.2, -0.15) is 0 Å². The summed E-state index contributed by atoms with van der Waals surface area (Å²) in [6, 6.07) is 7.08. The van der Waals surface area contributed by atoms with E-state index in [-0.39, 0.29) is 5.56 Å². The molecule has 2 heterocycles. The molecule has 0 radical (unpaired) electrons. The van der Waals surface area contributed by atoms with Crippen molar-refractivity contribution in [2.24, 2.45) is 0 Å². The summed E-state index contributed by atoms with van der Waals surface area (Å²) in [4.78, 5) is 22.5. The predicted octanol–water partition coefficient (Wildman–Crippen LogP) is 3.26. The first-order chi connectivity index (χ1) is 12.0. The Kier molecular flexibility index (Phi) is 3.91. The molecule has 0 saturated heterocycles. The van der Waals surface area contributed by atoms with E-state index in [2.05, 4.69) is 41.8 Å². The first kappa shape index (κ1) is 16.3. The molecule has 1 aliphatic carbocycles. The highest BCUT2D eigenvalue weighted by Gasteiger charge is 2.36. The Morgan fingerprint density at radius 1 is 1.16 bits per heavy atom. The summed E-state index contributed by atoms with van der Waals surface area (Å²) in [7, 11) is 0. The fraction of sp³-hybridized carbons (Fsp3) is 0.500. The number of rotatable bonds is 3. The number of fused-ring (bicyclic) bond motifs is 1. The second-order valence-electron chi connectivity index (χ2n) is 7.38. The van der Waals surface area contributed by atoms with Gasteiger partial charge in [-0.25, -0.2) is 4.98 Å². The molecule has 5 nitrogen and oxygen atoms in total. The lowest BCUT2D eigenvalue weighted by Crippen LogP contribution is -2.49. The van der Waals surface area contributed by atoms with Crippen molar-refractivity contribution < 1.29 is 0 Å². The lowest BCUT2D eigenvalue weighted by molar-refractivity contribution is 0.188. The minimum atomic E-state index is 0.116. The molecule has 1 fully saturated rings. The number of hydrogen-bond acceptors (Lipinski definition) is 4. The van der Waals surface area contributed by atoms with Crippen LogP contribution < -0.4 is 10.5 Å². The topological polar surface area (TPSA) is 41.4 Å². The summed E-state index contributed by atoms with van der Waals surface area (Å²) < 4.78 is 1.87. The first-order valence-corrected chi connectivity index (χ1v) is 9.18. The van der Waals surface area contributed by atoms with Crippen LogP contribution in [0.25, 0.3) is 0 Å². The molecule has 25 heavy (non-hydrogen) atoms. The SMILES string of the molecule is CCc1c(C)nc2n(c1=O)CN(C1CC1)CN2c1ccc(C)cc1C. The molecule has 0 amide bonds. The van der Waals surface area contributed by atoms with E-state index < -0.39 is 0 Å². The number of hydrogen-bond donors (Lipinski definition) is 0. The van der Waals surface area contributed by atoms with Crippen LogP contribution in [0.3, 0.4) is 0 Å².